The lowest BCUT2D eigenvalue weighted by Crippen LogP contribution is -1.96. The monoisotopic (exact) mass is 248 g/mol. The molecule has 2 aromatic rings. The molecular formula is C13H12O3S. The second kappa shape index (κ2) is 4.22. The topological polar surface area (TPSA) is 54.4 Å². The molecule has 4 heteroatoms. The Morgan fingerprint density at radius 2 is 1.24 bits per heavy atom. The molecule has 0 unspecified atom stereocenters. The Kier molecular flexibility index (Phi) is 2.90. The molecule has 2 rings (SSSR count). The summed E-state index contributed by atoms with van der Waals surface area (Å²) in [6.45, 7) is 0. The molecule has 88 valence electrons. The predicted octanol–water partition coefficient (Wildman–Crippen LogP) is 2.46. The Bertz CT molecular complexity index is 611. The predicted molar refractivity (Wildman–Crippen MR) is 66.7 cm³/mol. The van der Waals surface area contributed by atoms with Crippen molar-refractivity contribution >= 4 is 9.84 Å². The van der Waals surface area contributed by atoms with Crippen molar-refractivity contribution in [3.05, 3.63) is 48.5 Å². The number of aromatic hydroxyl groups is 1. The molecule has 0 spiro atoms. The van der Waals surface area contributed by atoms with Crippen LogP contribution in [0.5, 0.6) is 5.75 Å². The van der Waals surface area contributed by atoms with Crippen molar-refractivity contribution in [3.63, 3.8) is 0 Å². The van der Waals surface area contributed by atoms with Gasteiger partial charge in [0, 0.05) is 6.26 Å². The number of hydrogen-bond donors (Lipinski definition) is 1. The zero-order valence-electron chi connectivity index (χ0n) is 9.29. The summed E-state index contributed by atoms with van der Waals surface area (Å²) in [7, 11) is -3.15. The fraction of sp³-hybridized carbons (Fsp3) is 0.0769. The molecule has 0 radical (unpaired) electrons. The van der Waals surface area contributed by atoms with E-state index in [0.717, 1.165) is 11.1 Å². The number of hydrogen-bond acceptors (Lipinski definition) is 3. The third kappa shape index (κ3) is 2.65. The molecule has 0 aromatic heterocycles. The van der Waals surface area contributed by atoms with Gasteiger partial charge in [-0.25, -0.2) is 8.42 Å². The zero-order chi connectivity index (χ0) is 12.5. The van der Waals surface area contributed by atoms with Crippen molar-refractivity contribution in [2.75, 3.05) is 6.26 Å². The van der Waals surface area contributed by atoms with Crippen LogP contribution in [-0.2, 0) is 9.84 Å². The van der Waals surface area contributed by atoms with Crippen LogP contribution in [-0.4, -0.2) is 19.8 Å². The molecule has 1 N–H and O–H groups in total. The van der Waals surface area contributed by atoms with Crippen molar-refractivity contribution in [1.29, 1.82) is 0 Å². The van der Waals surface area contributed by atoms with Gasteiger partial charge in [-0.1, -0.05) is 24.3 Å². The molecule has 0 amide bonds. The summed E-state index contributed by atoms with van der Waals surface area (Å²) < 4.78 is 22.6. The fourth-order valence-corrected chi connectivity index (χ4v) is 2.18. The van der Waals surface area contributed by atoms with E-state index >= 15 is 0 Å². The first kappa shape index (κ1) is 11.7. The first-order valence-corrected chi connectivity index (χ1v) is 6.95. The van der Waals surface area contributed by atoms with Gasteiger partial charge in [0.05, 0.1) is 4.90 Å². The highest BCUT2D eigenvalue weighted by Gasteiger charge is 2.06. The molecule has 0 saturated carbocycles. The normalized spacial score (nSPS) is 11.4. The molecule has 0 aliphatic rings. The summed E-state index contributed by atoms with van der Waals surface area (Å²) in [6, 6.07) is 13.4. The van der Waals surface area contributed by atoms with Gasteiger partial charge in [0.25, 0.3) is 0 Å². The smallest absolute Gasteiger partial charge is 0.175 e. The van der Waals surface area contributed by atoms with Crippen molar-refractivity contribution in [3.8, 4) is 16.9 Å². The highest BCUT2D eigenvalue weighted by Crippen LogP contribution is 2.23. The van der Waals surface area contributed by atoms with E-state index in [4.69, 9.17) is 0 Å². The van der Waals surface area contributed by atoms with E-state index in [2.05, 4.69) is 0 Å². The van der Waals surface area contributed by atoms with Crippen molar-refractivity contribution in [2.45, 2.75) is 4.90 Å². The standard InChI is InChI=1S/C13H12O3S/c1-17(15,16)13-8-4-11(5-9-13)10-2-6-12(14)7-3-10/h2-9,14H,1H3. The van der Waals surface area contributed by atoms with Crippen LogP contribution in [0.25, 0.3) is 11.1 Å². The Hall–Kier alpha value is -1.81. The van der Waals surface area contributed by atoms with E-state index in [0.29, 0.717) is 4.90 Å². The molecule has 0 aliphatic heterocycles. The Balaban J connectivity index is 2.39. The molecule has 17 heavy (non-hydrogen) atoms. The molecule has 0 fully saturated rings. The lowest BCUT2D eigenvalue weighted by atomic mass is 10.1. The number of phenols is 1. The van der Waals surface area contributed by atoms with Gasteiger partial charge in [-0.2, -0.15) is 0 Å². The van der Waals surface area contributed by atoms with Crippen LogP contribution in [0.15, 0.2) is 53.4 Å². The summed E-state index contributed by atoms with van der Waals surface area (Å²) in [4.78, 5) is 0.306. The van der Waals surface area contributed by atoms with Gasteiger partial charge in [0.1, 0.15) is 5.75 Å². The fourth-order valence-electron chi connectivity index (χ4n) is 1.55. The Labute approximate surface area is 100 Å². The second-order valence-electron chi connectivity index (χ2n) is 3.84. The Morgan fingerprint density at radius 3 is 1.65 bits per heavy atom. The van der Waals surface area contributed by atoms with E-state index < -0.39 is 9.84 Å². The number of sulfone groups is 1. The van der Waals surface area contributed by atoms with Gasteiger partial charge < -0.3 is 5.11 Å². The van der Waals surface area contributed by atoms with Crippen LogP contribution < -0.4 is 0 Å². The van der Waals surface area contributed by atoms with Crippen LogP contribution in [0.4, 0.5) is 0 Å². The van der Waals surface area contributed by atoms with Gasteiger partial charge >= 0.3 is 0 Å². The third-order valence-corrected chi connectivity index (χ3v) is 3.61. The quantitative estimate of drug-likeness (QED) is 0.888. The minimum Gasteiger partial charge on any atom is -0.508 e. The lowest BCUT2D eigenvalue weighted by Gasteiger charge is -2.03. The lowest BCUT2D eigenvalue weighted by molar-refractivity contribution is 0.475. The van der Waals surface area contributed by atoms with Crippen molar-refractivity contribution < 1.29 is 13.5 Å². The minimum atomic E-state index is -3.15. The van der Waals surface area contributed by atoms with Gasteiger partial charge in [-0.15, -0.1) is 0 Å². The maximum atomic E-state index is 11.3. The first-order valence-electron chi connectivity index (χ1n) is 5.06. The van der Waals surface area contributed by atoms with Gasteiger partial charge in [-0.05, 0) is 35.4 Å². The molecule has 0 heterocycles. The van der Waals surface area contributed by atoms with E-state index in [9.17, 15) is 13.5 Å². The third-order valence-electron chi connectivity index (χ3n) is 2.48. The SMILES string of the molecule is CS(=O)(=O)c1ccc(-c2ccc(O)cc2)cc1. The molecule has 0 atom stereocenters. The van der Waals surface area contributed by atoms with Gasteiger partial charge in [0.2, 0.25) is 0 Å². The molecule has 2 aromatic carbocycles. The molecular weight excluding hydrogens is 236 g/mol. The van der Waals surface area contributed by atoms with E-state index in [-0.39, 0.29) is 5.75 Å². The Morgan fingerprint density at radius 1 is 0.824 bits per heavy atom. The first-order chi connectivity index (χ1) is 7.97. The molecule has 0 saturated heterocycles. The zero-order valence-corrected chi connectivity index (χ0v) is 10.1. The summed E-state index contributed by atoms with van der Waals surface area (Å²) in [5, 5.41) is 9.18. The second-order valence-corrected chi connectivity index (χ2v) is 5.86. The summed E-state index contributed by atoms with van der Waals surface area (Å²) >= 11 is 0. The number of benzene rings is 2. The summed E-state index contributed by atoms with van der Waals surface area (Å²) in [5.41, 5.74) is 1.85. The average Bonchev–Trinajstić information content (AvgIpc) is 2.29. The highest BCUT2D eigenvalue weighted by atomic mass is 32.2. The minimum absolute atomic E-state index is 0.210. The maximum absolute atomic E-state index is 11.3. The van der Waals surface area contributed by atoms with Crippen LogP contribution in [0, 0.1) is 0 Å². The average molecular weight is 248 g/mol. The van der Waals surface area contributed by atoms with Crippen molar-refractivity contribution in [2.24, 2.45) is 0 Å². The number of rotatable bonds is 2. The van der Waals surface area contributed by atoms with E-state index in [1.54, 1.807) is 48.5 Å². The maximum Gasteiger partial charge on any atom is 0.175 e. The summed E-state index contributed by atoms with van der Waals surface area (Å²) in [6.07, 6.45) is 1.18. The van der Waals surface area contributed by atoms with Crippen molar-refractivity contribution in [1.82, 2.24) is 0 Å². The molecule has 0 bridgehead atoms. The van der Waals surface area contributed by atoms with Crippen LogP contribution >= 0.6 is 0 Å². The summed E-state index contributed by atoms with van der Waals surface area (Å²) in [5.74, 6) is 0.210. The molecule has 0 aliphatic carbocycles. The highest BCUT2D eigenvalue weighted by molar-refractivity contribution is 7.90. The van der Waals surface area contributed by atoms with Crippen LogP contribution in [0.2, 0.25) is 0 Å². The molecule has 3 nitrogen and oxygen atoms in total. The van der Waals surface area contributed by atoms with E-state index in [1.807, 2.05) is 0 Å². The number of phenolic OH excluding ortho intramolecular Hbond substituents is 1. The van der Waals surface area contributed by atoms with Gasteiger partial charge in [-0.3, -0.25) is 0 Å². The van der Waals surface area contributed by atoms with E-state index in [1.165, 1.54) is 6.26 Å². The van der Waals surface area contributed by atoms with Gasteiger partial charge in [0.15, 0.2) is 9.84 Å². The largest absolute Gasteiger partial charge is 0.508 e. The van der Waals surface area contributed by atoms with Crippen LogP contribution in [0.3, 0.4) is 0 Å². The van der Waals surface area contributed by atoms with Crippen LogP contribution in [0.1, 0.15) is 0 Å².